The molecule has 0 atom stereocenters. The van der Waals surface area contributed by atoms with Gasteiger partial charge in [0.15, 0.2) is 11.5 Å². The fourth-order valence-corrected chi connectivity index (χ4v) is 4.22. The summed E-state index contributed by atoms with van der Waals surface area (Å²) in [5.74, 6) is 2.25. The Balaban J connectivity index is 1.45. The number of methoxy groups -OCH3 is 2. The van der Waals surface area contributed by atoms with Gasteiger partial charge < -0.3 is 19.3 Å². The van der Waals surface area contributed by atoms with E-state index in [0.29, 0.717) is 11.5 Å². The van der Waals surface area contributed by atoms with Crippen molar-refractivity contribution < 1.29 is 9.47 Å². The minimum atomic E-state index is 0.674. The number of imidazole rings is 1. The number of fused-ring (bicyclic) bond motifs is 1. The molecule has 0 aliphatic carbocycles. The number of aromatic nitrogens is 3. The molecule has 0 N–H and O–H groups in total. The monoisotopic (exact) mass is 449 g/mol. The molecule has 7 nitrogen and oxygen atoms in total. The molecule has 2 aromatic carbocycles. The molecule has 0 unspecified atom stereocenters. The summed E-state index contributed by atoms with van der Waals surface area (Å²) >= 11 is 6.04. The lowest BCUT2D eigenvalue weighted by Crippen LogP contribution is -2.47. The quantitative estimate of drug-likeness (QED) is 0.450. The molecule has 1 fully saturated rings. The van der Waals surface area contributed by atoms with Gasteiger partial charge in [-0.05, 0) is 42.5 Å². The number of benzene rings is 2. The van der Waals surface area contributed by atoms with E-state index in [1.165, 1.54) is 5.69 Å². The lowest BCUT2D eigenvalue weighted by atomic mass is 10.1. The molecule has 8 heteroatoms. The summed E-state index contributed by atoms with van der Waals surface area (Å²) in [4.78, 5) is 14.2. The average molecular weight is 450 g/mol. The largest absolute Gasteiger partial charge is 0.493 e. The zero-order chi connectivity index (χ0) is 22.1. The predicted molar refractivity (Wildman–Crippen MR) is 127 cm³/mol. The first-order chi connectivity index (χ1) is 15.7. The maximum Gasteiger partial charge on any atom is 0.212 e. The predicted octanol–water partition coefficient (Wildman–Crippen LogP) is 4.39. The van der Waals surface area contributed by atoms with Gasteiger partial charge in [-0.3, -0.25) is 4.40 Å². The Morgan fingerprint density at radius 1 is 0.844 bits per heavy atom. The zero-order valence-electron chi connectivity index (χ0n) is 18.0. The van der Waals surface area contributed by atoms with Crippen LogP contribution in [0.25, 0.3) is 16.9 Å². The van der Waals surface area contributed by atoms with Gasteiger partial charge in [-0.15, -0.1) is 0 Å². The van der Waals surface area contributed by atoms with Crippen molar-refractivity contribution >= 4 is 28.9 Å². The molecule has 0 amide bonds. The van der Waals surface area contributed by atoms with Gasteiger partial charge >= 0.3 is 0 Å². The van der Waals surface area contributed by atoms with Gasteiger partial charge in [-0.25, -0.2) is 9.97 Å². The van der Waals surface area contributed by atoms with Gasteiger partial charge in [0, 0.05) is 60.9 Å². The van der Waals surface area contributed by atoms with Crippen LogP contribution in [0.3, 0.4) is 0 Å². The summed E-state index contributed by atoms with van der Waals surface area (Å²) in [6.07, 6.45) is 3.77. The maximum atomic E-state index is 6.04. The van der Waals surface area contributed by atoms with Gasteiger partial charge in [0.2, 0.25) is 5.95 Å². The third kappa shape index (κ3) is 3.80. The number of hydrogen-bond acceptors (Lipinski definition) is 6. The van der Waals surface area contributed by atoms with Crippen molar-refractivity contribution in [1.82, 2.24) is 14.4 Å². The fourth-order valence-electron chi connectivity index (χ4n) is 4.09. The first-order valence-electron chi connectivity index (χ1n) is 10.5. The fraction of sp³-hybridized carbons (Fsp3) is 0.250. The highest BCUT2D eigenvalue weighted by Crippen LogP contribution is 2.33. The normalized spacial score (nSPS) is 14.1. The van der Waals surface area contributed by atoms with Gasteiger partial charge in [-0.1, -0.05) is 11.6 Å². The topological polar surface area (TPSA) is 55.1 Å². The third-order valence-electron chi connectivity index (χ3n) is 5.80. The summed E-state index contributed by atoms with van der Waals surface area (Å²) in [6, 6.07) is 15.8. The van der Waals surface area contributed by atoms with E-state index in [1.807, 2.05) is 53.2 Å². The van der Waals surface area contributed by atoms with Crippen LogP contribution in [-0.2, 0) is 0 Å². The van der Waals surface area contributed by atoms with Crippen LogP contribution in [0.4, 0.5) is 11.6 Å². The Morgan fingerprint density at radius 2 is 1.56 bits per heavy atom. The summed E-state index contributed by atoms with van der Waals surface area (Å²) in [5, 5.41) is 0.756. The minimum absolute atomic E-state index is 0.674. The number of piperazine rings is 1. The van der Waals surface area contributed by atoms with E-state index in [9.17, 15) is 0 Å². The van der Waals surface area contributed by atoms with E-state index in [1.54, 1.807) is 14.2 Å². The number of halogens is 1. The summed E-state index contributed by atoms with van der Waals surface area (Å²) in [7, 11) is 3.27. The second kappa shape index (κ2) is 8.59. The van der Waals surface area contributed by atoms with Crippen LogP contribution in [0.2, 0.25) is 5.02 Å². The van der Waals surface area contributed by atoms with Crippen molar-refractivity contribution in [1.29, 1.82) is 0 Å². The molecule has 1 saturated heterocycles. The van der Waals surface area contributed by atoms with Crippen molar-refractivity contribution in [2.75, 3.05) is 50.2 Å². The molecule has 2 aromatic heterocycles. The van der Waals surface area contributed by atoms with Gasteiger partial charge in [-0.2, -0.15) is 0 Å². The highest BCUT2D eigenvalue weighted by atomic mass is 35.5. The number of anilines is 2. The molecular weight excluding hydrogens is 426 g/mol. The van der Waals surface area contributed by atoms with E-state index in [2.05, 4.69) is 26.9 Å². The molecule has 3 heterocycles. The maximum absolute atomic E-state index is 6.04. The smallest absolute Gasteiger partial charge is 0.212 e. The zero-order valence-corrected chi connectivity index (χ0v) is 18.8. The van der Waals surface area contributed by atoms with E-state index < -0.39 is 0 Å². The number of ether oxygens (including phenoxy) is 2. The molecule has 0 radical (unpaired) electrons. The van der Waals surface area contributed by atoms with Gasteiger partial charge in [0.25, 0.3) is 0 Å². The molecule has 5 rings (SSSR count). The van der Waals surface area contributed by atoms with Crippen molar-refractivity contribution in [3.8, 4) is 22.8 Å². The second-order valence-electron chi connectivity index (χ2n) is 7.62. The lowest BCUT2D eigenvalue weighted by Gasteiger charge is -2.36. The summed E-state index contributed by atoms with van der Waals surface area (Å²) < 4.78 is 12.9. The van der Waals surface area contributed by atoms with E-state index in [0.717, 1.165) is 54.1 Å². The van der Waals surface area contributed by atoms with Gasteiger partial charge in [0.1, 0.15) is 5.65 Å². The van der Waals surface area contributed by atoms with Crippen LogP contribution in [0.1, 0.15) is 0 Å². The Morgan fingerprint density at radius 3 is 2.28 bits per heavy atom. The lowest BCUT2D eigenvalue weighted by molar-refractivity contribution is 0.355. The van der Waals surface area contributed by atoms with Crippen molar-refractivity contribution in [2.45, 2.75) is 0 Å². The second-order valence-corrected chi connectivity index (χ2v) is 8.05. The van der Waals surface area contributed by atoms with E-state index >= 15 is 0 Å². The summed E-state index contributed by atoms with van der Waals surface area (Å²) in [5.41, 5.74) is 3.85. The average Bonchev–Trinajstić information content (AvgIpc) is 3.32. The number of hydrogen-bond donors (Lipinski definition) is 0. The molecule has 164 valence electrons. The number of rotatable bonds is 5. The SMILES string of the molecule is COc1ccc(-c2cc3nccn3c(N3CCN(c4ccc(Cl)cc4)CC3)n2)cc1OC. The van der Waals surface area contributed by atoms with Crippen LogP contribution < -0.4 is 19.3 Å². The van der Waals surface area contributed by atoms with Crippen LogP contribution in [0, 0.1) is 0 Å². The first kappa shape index (κ1) is 20.5. The Bertz CT molecular complexity index is 1230. The third-order valence-corrected chi connectivity index (χ3v) is 6.06. The molecular formula is C24H24ClN5O2. The molecule has 0 saturated carbocycles. The van der Waals surface area contributed by atoms with Crippen LogP contribution >= 0.6 is 11.6 Å². The highest BCUT2D eigenvalue weighted by molar-refractivity contribution is 6.30. The van der Waals surface area contributed by atoms with Crippen molar-refractivity contribution in [2.24, 2.45) is 0 Å². The van der Waals surface area contributed by atoms with Crippen LogP contribution in [0.15, 0.2) is 60.9 Å². The molecule has 0 bridgehead atoms. The number of nitrogens with zero attached hydrogens (tertiary/aromatic N) is 5. The Kier molecular flexibility index (Phi) is 5.49. The Hall–Kier alpha value is -3.45. The van der Waals surface area contributed by atoms with Gasteiger partial charge in [0.05, 0.1) is 19.9 Å². The van der Waals surface area contributed by atoms with Crippen LogP contribution in [-0.4, -0.2) is 54.8 Å². The summed E-state index contributed by atoms with van der Waals surface area (Å²) in [6.45, 7) is 3.52. The molecule has 1 aliphatic rings. The van der Waals surface area contributed by atoms with Crippen LogP contribution in [0.5, 0.6) is 11.5 Å². The van der Waals surface area contributed by atoms with Crippen molar-refractivity contribution in [3.05, 3.63) is 65.9 Å². The van der Waals surface area contributed by atoms with E-state index in [4.69, 9.17) is 26.1 Å². The molecule has 1 aliphatic heterocycles. The van der Waals surface area contributed by atoms with Crippen molar-refractivity contribution in [3.63, 3.8) is 0 Å². The highest BCUT2D eigenvalue weighted by Gasteiger charge is 2.21. The molecule has 0 spiro atoms. The molecule has 32 heavy (non-hydrogen) atoms. The standard InChI is InChI=1S/C24H24ClN5O2/c1-31-21-8-3-17(15-22(21)32-2)20-16-23-26-9-10-30(23)24(27-20)29-13-11-28(12-14-29)19-6-4-18(25)5-7-19/h3-10,15-16H,11-14H2,1-2H3. The Labute approximate surface area is 191 Å². The minimum Gasteiger partial charge on any atom is -0.493 e. The molecule has 4 aromatic rings. The first-order valence-corrected chi connectivity index (χ1v) is 10.9. The van der Waals surface area contributed by atoms with E-state index in [-0.39, 0.29) is 0 Å².